The number of hydrogen-bond acceptors (Lipinski definition) is 6. The van der Waals surface area contributed by atoms with Gasteiger partial charge < -0.3 is 4.42 Å². The van der Waals surface area contributed by atoms with E-state index in [1.807, 2.05) is 30.5 Å². The minimum atomic E-state index is 0.164. The lowest BCUT2D eigenvalue weighted by Gasteiger charge is -1.94. The third-order valence-electron chi connectivity index (χ3n) is 2.46. The second kappa shape index (κ2) is 4.66. The molecule has 0 aromatic carbocycles. The quantitative estimate of drug-likeness (QED) is 0.729. The third-order valence-corrected chi connectivity index (χ3v) is 3.37. The first-order chi connectivity index (χ1) is 9.24. The van der Waals surface area contributed by atoms with E-state index < -0.39 is 0 Å². The zero-order valence-corrected chi connectivity index (χ0v) is 10.9. The summed E-state index contributed by atoms with van der Waals surface area (Å²) in [5.41, 5.74) is 0.864. The van der Waals surface area contributed by atoms with Crippen LogP contribution < -0.4 is 0 Å². The Morgan fingerprint density at radius 2 is 2.37 bits per heavy atom. The summed E-state index contributed by atoms with van der Waals surface area (Å²) >= 11 is 1.52. The molecule has 0 saturated carbocycles. The first kappa shape index (κ1) is 11.6. The standard InChI is InChI=1S/C12H9N5OS/c1-8-2-3-10(18-8)12-15-9(6-19-12)5-17-7-14-11(4-13)16-17/h2-3,6-7H,5H2,1H3. The lowest BCUT2D eigenvalue weighted by molar-refractivity contribution is 0.547. The highest BCUT2D eigenvalue weighted by Crippen LogP contribution is 2.25. The van der Waals surface area contributed by atoms with Gasteiger partial charge in [-0.3, -0.25) is 0 Å². The molecule has 19 heavy (non-hydrogen) atoms. The van der Waals surface area contributed by atoms with Gasteiger partial charge in [0, 0.05) is 5.38 Å². The average Bonchev–Trinajstić information content (AvgIpc) is 3.10. The van der Waals surface area contributed by atoms with Gasteiger partial charge in [-0.25, -0.2) is 14.6 Å². The number of thiazole rings is 1. The van der Waals surface area contributed by atoms with Crippen molar-refractivity contribution in [3.63, 3.8) is 0 Å². The van der Waals surface area contributed by atoms with E-state index in [1.165, 1.54) is 17.7 Å². The Labute approximate surface area is 113 Å². The summed E-state index contributed by atoms with van der Waals surface area (Å²) in [5, 5.41) is 15.4. The van der Waals surface area contributed by atoms with Gasteiger partial charge in [0.1, 0.15) is 18.2 Å². The number of nitriles is 1. The summed E-state index contributed by atoms with van der Waals surface area (Å²) in [4.78, 5) is 8.32. The highest BCUT2D eigenvalue weighted by molar-refractivity contribution is 7.13. The minimum Gasteiger partial charge on any atom is -0.459 e. The van der Waals surface area contributed by atoms with Crippen molar-refractivity contribution in [1.29, 1.82) is 5.26 Å². The van der Waals surface area contributed by atoms with Crippen LogP contribution >= 0.6 is 11.3 Å². The smallest absolute Gasteiger partial charge is 0.252 e. The summed E-state index contributed by atoms with van der Waals surface area (Å²) in [6.07, 6.45) is 1.52. The van der Waals surface area contributed by atoms with Gasteiger partial charge in [-0.15, -0.1) is 16.4 Å². The van der Waals surface area contributed by atoms with Crippen LogP contribution in [0.4, 0.5) is 0 Å². The Morgan fingerprint density at radius 1 is 1.47 bits per heavy atom. The molecule has 0 bridgehead atoms. The molecule has 3 aromatic rings. The van der Waals surface area contributed by atoms with E-state index in [1.54, 1.807) is 4.68 Å². The molecule has 6 nitrogen and oxygen atoms in total. The Bertz CT molecular complexity index is 748. The molecule has 0 radical (unpaired) electrons. The molecule has 0 atom stereocenters. The zero-order chi connectivity index (χ0) is 13.2. The Hall–Kier alpha value is -2.46. The number of rotatable bonds is 3. The zero-order valence-electron chi connectivity index (χ0n) is 10.1. The van der Waals surface area contributed by atoms with Gasteiger partial charge in [0.05, 0.1) is 12.2 Å². The van der Waals surface area contributed by atoms with Crippen molar-refractivity contribution < 1.29 is 4.42 Å². The molecule has 0 N–H and O–H groups in total. The summed E-state index contributed by atoms with van der Waals surface area (Å²) in [5.74, 6) is 1.80. The lowest BCUT2D eigenvalue weighted by Crippen LogP contribution is -2.00. The molecule has 0 spiro atoms. The number of aromatic nitrogens is 4. The molecule has 0 aliphatic rings. The van der Waals surface area contributed by atoms with Crippen molar-refractivity contribution >= 4 is 11.3 Å². The van der Waals surface area contributed by atoms with Crippen LogP contribution in [0.25, 0.3) is 10.8 Å². The van der Waals surface area contributed by atoms with Crippen molar-refractivity contribution in [1.82, 2.24) is 19.7 Å². The highest BCUT2D eigenvalue weighted by atomic mass is 32.1. The third kappa shape index (κ3) is 2.39. The molecule has 3 rings (SSSR count). The predicted molar refractivity (Wildman–Crippen MR) is 68.4 cm³/mol. The molecule has 94 valence electrons. The van der Waals surface area contributed by atoms with Gasteiger partial charge in [0.15, 0.2) is 10.8 Å². The van der Waals surface area contributed by atoms with Crippen molar-refractivity contribution in [3.8, 4) is 16.8 Å². The van der Waals surface area contributed by atoms with Gasteiger partial charge in [0.25, 0.3) is 5.82 Å². The fourth-order valence-corrected chi connectivity index (χ4v) is 2.40. The molecular formula is C12H9N5OS. The van der Waals surface area contributed by atoms with Crippen LogP contribution in [0.2, 0.25) is 0 Å². The van der Waals surface area contributed by atoms with Gasteiger partial charge in [-0.05, 0) is 19.1 Å². The van der Waals surface area contributed by atoms with Crippen LogP contribution in [0.15, 0.2) is 28.3 Å². The molecule has 0 saturated heterocycles. The number of nitrogens with zero attached hydrogens (tertiary/aromatic N) is 5. The summed E-state index contributed by atoms with van der Waals surface area (Å²) in [7, 11) is 0. The fraction of sp³-hybridized carbons (Fsp3) is 0.167. The van der Waals surface area contributed by atoms with Crippen molar-refractivity contribution in [2.75, 3.05) is 0 Å². The SMILES string of the molecule is Cc1ccc(-c2nc(Cn3cnc(C#N)n3)cs2)o1. The van der Waals surface area contributed by atoms with Crippen molar-refractivity contribution in [3.05, 3.63) is 41.1 Å². The molecule has 3 aromatic heterocycles. The topological polar surface area (TPSA) is 80.5 Å². The van der Waals surface area contributed by atoms with Gasteiger partial charge >= 0.3 is 0 Å². The van der Waals surface area contributed by atoms with Gasteiger partial charge in [0.2, 0.25) is 0 Å². The summed E-state index contributed by atoms with van der Waals surface area (Å²) < 4.78 is 7.11. The molecule has 0 aliphatic heterocycles. The number of hydrogen-bond donors (Lipinski definition) is 0. The maximum absolute atomic E-state index is 8.66. The van der Waals surface area contributed by atoms with Crippen LogP contribution in [-0.2, 0) is 6.54 Å². The average molecular weight is 271 g/mol. The molecule has 3 heterocycles. The molecule has 7 heteroatoms. The fourth-order valence-electron chi connectivity index (χ4n) is 1.63. The van der Waals surface area contributed by atoms with E-state index in [2.05, 4.69) is 15.1 Å². The van der Waals surface area contributed by atoms with Crippen molar-refractivity contribution in [2.45, 2.75) is 13.5 Å². The van der Waals surface area contributed by atoms with Crippen LogP contribution in [0.3, 0.4) is 0 Å². The van der Waals surface area contributed by atoms with Crippen LogP contribution in [-0.4, -0.2) is 19.7 Å². The molecule has 0 fully saturated rings. The van der Waals surface area contributed by atoms with Crippen LogP contribution in [0.5, 0.6) is 0 Å². The van der Waals surface area contributed by atoms with E-state index in [-0.39, 0.29) is 5.82 Å². The van der Waals surface area contributed by atoms with Crippen molar-refractivity contribution in [2.24, 2.45) is 0 Å². The monoisotopic (exact) mass is 271 g/mol. The largest absolute Gasteiger partial charge is 0.459 e. The highest BCUT2D eigenvalue weighted by Gasteiger charge is 2.09. The van der Waals surface area contributed by atoms with Gasteiger partial charge in [-0.1, -0.05) is 0 Å². The molecule has 0 amide bonds. The van der Waals surface area contributed by atoms with Gasteiger partial charge in [-0.2, -0.15) is 5.26 Å². The normalized spacial score (nSPS) is 10.5. The van der Waals surface area contributed by atoms with E-state index in [0.717, 1.165) is 22.2 Å². The number of furan rings is 1. The van der Waals surface area contributed by atoms with E-state index in [0.29, 0.717) is 6.54 Å². The summed E-state index contributed by atoms with van der Waals surface area (Å²) in [6.45, 7) is 2.39. The first-order valence-electron chi connectivity index (χ1n) is 5.55. The van der Waals surface area contributed by atoms with E-state index in [9.17, 15) is 0 Å². The van der Waals surface area contributed by atoms with E-state index in [4.69, 9.17) is 9.68 Å². The maximum atomic E-state index is 8.66. The Morgan fingerprint density at radius 3 is 3.05 bits per heavy atom. The van der Waals surface area contributed by atoms with Crippen LogP contribution in [0, 0.1) is 18.3 Å². The Balaban J connectivity index is 1.80. The number of aryl methyl sites for hydroxylation is 1. The molecule has 0 aliphatic carbocycles. The molecular weight excluding hydrogens is 262 g/mol. The minimum absolute atomic E-state index is 0.164. The second-order valence-electron chi connectivity index (χ2n) is 3.93. The van der Waals surface area contributed by atoms with Crippen LogP contribution in [0.1, 0.15) is 17.3 Å². The molecule has 0 unspecified atom stereocenters. The first-order valence-corrected chi connectivity index (χ1v) is 6.43. The maximum Gasteiger partial charge on any atom is 0.252 e. The summed E-state index contributed by atoms with van der Waals surface area (Å²) in [6, 6.07) is 5.70. The Kier molecular flexibility index (Phi) is 2.85. The second-order valence-corrected chi connectivity index (χ2v) is 4.79. The van der Waals surface area contributed by atoms with E-state index >= 15 is 0 Å². The lowest BCUT2D eigenvalue weighted by atomic mass is 10.4. The predicted octanol–water partition coefficient (Wildman–Crippen LogP) is 2.22.